The van der Waals surface area contributed by atoms with Gasteiger partial charge < -0.3 is 9.67 Å². The number of aromatic nitrogens is 3. The third-order valence-corrected chi connectivity index (χ3v) is 5.30. The van der Waals surface area contributed by atoms with Crippen molar-refractivity contribution < 1.29 is 27.5 Å². The molecule has 0 aliphatic carbocycles. The highest BCUT2D eigenvalue weighted by Crippen LogP contribution is 2.45. The summed E-state index contributed by atoms with van der Waals surface area (Å²) < 4.78 is 58.0. The summed E-state index contributed by atoms with van der Waals surface area (Å²) in [4.78, 5) is 11.2. The van der Waals surface area contributed by atoms with Crippen molar-refractivity contribution in [3.8, 4) is 16.8 Å². The van der Waals surface area contributed by atoms with E-state index in [0.717, 1.165) is 16.7 Å². The zero-order chi connectivity index (χ0) is 22.6. The van der Waals surface area contributed by atoms with E-state index in [2.05, 4.69) is 10.2 Å². The molecule has 5 nitrogen and oxygen atoms in total. The highest BCUT2D eigenvalue weighted by atomic mass is 19.4. The van der Waals surface area contributed by atoms with E-state index in [1.807, 2.05) is 0 Å². The lowest BCUT2D eigenvalue weighted by Crippen LogP contribution is -2.13. The van der Waals surface area contributed by atoms with Gasteiger partial charge in [-0.05, 0) is 54.1 Å². The van der Waals surface area contributed by atoms with Crippen LogP contribution in [0, 0.1) is 5.82 Å². The Hall–Kier alpha value is -4.14. The molecule has 3 aromatic carbocycles. The van der Waals surface area contributed by atoms with E-state index < -0.39 is 23.7 Å². The van der Waals surface area contributed by atoms with Gasteiger partial charge in [-0.2, -0.15) is 18.3 Å². The molecule has 0 radical (unpaired) electrons. The molecular weight excluding hydrogens is 426 g/mol. The van der Waals surface area contributed by atoms with Crippen LogP contribution in [0.15, 0.2) is 66.9 Å². The summed E-state index contributed by atoms with van der Waals surface area (Å²) in [6, 6.07) is 13.1. The number of nitrogens with zero attached hydrogens (tertiary/aromatic N) is 2. The molecule has 0 aliphatic heterocycles. The SMILES string of the molecule is O=C(O)c1ccc(-c2c(C(F)(F)F)n(-c3ccc(F)cc3)c3cc4cn[nH]c4cc23)cc1. The Balaban J connectivity index is 1.93. The van der Waals surface area contributed by atoms with Gasteiger partial charge in [0, 0.05) is 22.0 Å². The first-order valence-corrected chi connectivity index (χ1v) is 9.42. The molecule has 0 amide bonds. The van der Waals surface area contributed by atoms with Crippen LogP contribution >= 0.6 is 0 Å². The number of hydrogen-bond donors (Lipinski definition) is 2. The summed E-state index contributed by atoms with van der Waals surface area (Å²) in [6.45, 7) is 0. The van der Waals surface area contributed by atoms with Crippen molar-refractivity contribution in [1.82, 2.24) is 14.8 Å². The second-order valence-corrected chi connectivity index (χ2v) is 7.24. The van der Waals surface area contributed by atoms with Crippen molar-refractivity contribution in [2.24, 2.45) is 0 Å². The predicted octanol–water partition coefficient (Wildman–Crippen LogP) is 6.03. The molecule has 0 unspecified atom stereocenters. The van der Waals surface area contributed by atoms with Crippen molar-refractivity contribution >= 4 is 27.8 Å². The monoisotopic (exact) mass is 439 g/mol. The Kier molecular flexibility index (Phi) is 4.30. The second kappa shape index (κ2) is 6.94. The lowest BCUT2D eigenvalue weighted by molar-refractivity contribution is -0.141. The van der Waals surface area contributed by atoms with Crippen molar-refractivity contribution in [2.75, 3.05) is 0 Å². The smallest absolute Gasteiger partial charge is 0.432 e. The maximum atomic E-state index is 14.5. The number of aromatic amines is 1. The largest absolute Gasteiger partial charge is 0.478 e. The van der Waals surface area contributed by atoms with Gasteiger partial charge in [0.05, 0.1) is 22.8 Å². The van der Waals surface area contributed by atoms with Crippen LogP contribution in [0.2, 0.25) is 0 Å². The molecule has 0 fully saturated rings. The molecule has 0 saturated carbocycles. The number of halogens is 4. The molecule has 2 N–H and O–H groups in total. The van der Waals surface area contributed by atoms with Crippen molar-refractivity contribution in [2.45, 2.75) is 6.18 Å². The number of alkyl halides is 3. The van der Waals surface area contributed by atoms with Crippen LogP contribution in [-0.2, 0) is 6.18 Å². The van der Waals surface area contributed by atoms with Crippen molar-refractivity contribution in [3.63, 3.8) is 0 Å². The molecule has 160 valence electrons. The number of fused-ring (bicyclic) bond motifs is 2. The molecule has 0 aliphatic rings. The van der Waals surface area contributed by atoms with Crippen LogP contribution < -0.4 is 0 Å². The summed E-state index contributed by atoms with van der Waals surface area (Å²) in [5, 5.41) is 16.8. The number of carboxylic acids is 1. The minimum atomic E-state index is -4.76. The highest BCUT2D eigenvalue weighted by Gasteiger charge is 2.40. The van der Waals surface area contributed by atoms with Gasteiger partial charge >= 0.3 is 12.1 Å². The second-order valence-electron chi connectivity index (χ2n) is 7.24. The predicted molar refractivity (Wildman–Crippen MR) is 110 cm³/mol. The summed E-state index contributed by atoms with van der Waals surface area (Å²) in [5.41, 5.74) is 0.0571. The van der Waals surface area contributed by atoms with Gasteiger partial charge in [-0.15, -0.1) is 0 Å². The molecular formula is C23H13F4N3O2. The van der Waals surface area contributed by atoms with E-state index in [1.165, 1.54) is 42.6 Å². The summed E-state index contributed by atoms with van der Waals surface area (Å²) in [6.07, 6.45) is -3.26. The maximum Gasteiger partial charge on any atom is 0.432 e. The lowest BCUT2D eigenvalue weighted by Gasteiger charge is -2.15. The number of H-pyrrole nitrogens is 1. The first-order chi connectivity index (χ1) is 15.2. The summed E-state index contributed by atoms with van der Waals surface area (Å²) in [5.74, 6) is -1.75. The molecule has 5 aromatic rings. The van der Waals surface area contributed by atoms with E-state index in [1.54, 1.807) is 12.1 Å². The number of carbonyl (C=O) groups is 1. The standard InChI is InChI=1S/C23H13F4N3O2/c24-15-5-7-16(8-6-15)30-19-9-14-11-28-29-18(14)10-17(19)20(21(30)23(25,26)27)12-1-3-13(4-2-12)22(31)32/h1-11H,(H,28,29)(H,31,32). The number of hydrogen-bond acceptors (Lipinski definition) is 2. The quantitative estimate of drug-likeness (QED) is 0.337. The van der Waals surface area contributed by atoms with Crippen LogP contribution in [0.1, 0.15) is 16.1 Å². The maximum absolute atomic E-state index is 14.5. The number of benzene rings is 3. The molecule has 9 heteroatoms. The van der Waals surface area contributed by atoms with Crippen LogP contribution in [0.3, 0.4) is 0 Å². The molecule has 32 heavy (non-hydrogen) atoms. The van der Waals surface area contributed by atoms with Gasteiger partial charge in [0.1, 0.15) is 11.5 Å². The minimum Gasteiger partial charge on any atom is -0.478 e. The van der Waals surface area contributed by atoms with Gasteiger partial charge in [0.15, 0.2) is 0 Å². The average molecular weight is 439 g/mol. The van der Waals surface area contributed by atoms with E-state index in [9.17, 15) is 22.4 Å². The summed E-state index contributed by atoms with van der Waals surface area (Å²) >= 11 is 0. The van der Waals surface area contributed by atoms with Crippen LogP contribution in [0.4, 0.5) is 17.6 Å². The highest BCUT2D eigenvalue weighted by molar-refractivity contribution is 6.06. The summed E-state index contributed by atoms with van der Waals surface area (Å²) in [7, 11) is 0. The number of carboxylic acid groups (broad SMARTS) is 1. The molecule has 2 heterocycles. The van der Waals surface area contributed by atoms with E-state index in [0.29, 0.717) is 16.3 Å². The Morgan fingerprint density at radius 1 is 1.00 bits per heavy atom. The van der Waals surface area contributed by atoms with Crippen LogP contribution in [0.25, 0.3) is 38.6 Å². The fraction of sp³-hybridized carbons (Fsp3) is 0.0435. The van der Waals surface area contributed by atoms with E-state index >= 15 is 0 Å². The topological polar surface area (TPSA) is 70.9 Å². The lowest BCUT2D eigenvalue weighted by atomic mass is 9.99. The fourth-order valence-corrected chi connectivity index (χ4v) is 3.92. The molecule has 0 atom stereocenters. The zero-order valence-corrected chi connectivity index (χ0v) is 16.1. The van der Waals surface area contributed by atoms with Gasteiger partial charge in [-0.3, -0.25) is 5.10 Å². The third-order valence-electron chi connectivity index (χ3n) is 5.30. The van der Waals surface area contributed by atoms with Gasteiger partial charge in [-0.1, -0.05) is 12.1 Å². The van der Waals surface area contributed by atoms with Crippen molar-refractivity contribution in [1.29, 1.82) is 0 Å². The molecule has 0 bridgehead atoms. The molecule has 5 rings (SSSR count). The van der Waals surface area contributed by atoms with Crippen LogP contribution in [-0.4, -0.2) is 25.8 Å². The zero-order valence-electron chi connectivity index (χ0n) is 16.1. The molecule has 0 spiro atoms. The first-order valence-electron chi connectivity index (χ1n) is 9.42. The third kappa shape index (κ3) is 3.09. The number of rotatable bonds is 3. The Morgan fingerprint density at radius 3 is 2.31 bits per heavy atom. The van der Waals surface area contributed by atoms with Gasteiger partial charge in [0.25, 0.3) is 0 Å². The van der Waals surface area contributed by atoms with E-state index in [4.69, 9.17) is 5.11 Å². The van der Waals surface area contributed by atoms with Crippen molar-refractivity contribution in [3.05, 3.63) is 83.9 Å². The van der Waals surface area contributed by atoms with Crippen LogP contribution in [0.5, 0.6) is 0 Å². The average Bonchev–Trinajstić information content (AvgIpc) is 3.34. The Bertz CT molecular complexity index is 1480. The normalized spacial score (nSPS) is 12.0. The number of nitrogens with one attached hydrogen (secondary N) is 1. The fourth-order valence-electron chi connectivity index (χ4n) is 3.92. The van der Waals surface area contributed by atoms with Gasteiger partial charge in [0.2, 0.25) is 0 Å². The number of aromatic carboxylic acids is 1. The van der Waals surface area contributed by atoms with E-state index in [-0.39, 0.29) is 27.9 Å². The molecule has 0 saturated heterocycles. The minimum absolute atomic E-state index is 0.0412. The first kappa shape index (κ1) is 19.8. The van der Waals surface area contributed by atoms with Gasteiger partial charge in [-0.25, -0.2) is 9.18 Å². The Morgan fingerprint density at radius 2 is 1.69 bits per heavy atom. The Labute approximate surface area is 177 Å². The molecule has 2 aromatic heterocycles.